The van der Waals surface area contributed by atoms with Crippen LogP contribution in [0.25, 0.3) is 0 Å². The normalized spacial score (nSPS) is 32.7. The van der Waals surface area contributed by atoms with Crippen LogP contribution >= 0.6 is 0 Å². The highest BCUT2D eigenvalue weighted by molar-refractivity contribution is 4.76. The third-order valence-electron chi connectivity index (χ3n) is 2.01. The first-order chi connectivity index (χ1) is 5.20. The molecule has 1 heterocycles. The maximum Gasteiger partial charge on any atom is 0.239 e. The van der Waals surface area contributed by atoms with Crippen molar-refractivity contribution in [1.29, 1.82) is 0 Å². The molecule has 11 heavy (non-hydrogen) atoms. The second-order valence-corrected chi connectivity index (χ2v) is 2.91. The molecule has 2 unspecified atom stereocenters. The number of ether oxygens (including phenoxy) is 1. The standard InChI is InChI=1S/C7H13F2NO/c8-7(9)3-5-4-11-2-1-6(5)10/h5-7H,1-4,10H2. The molecule has 1 rings (SSSR count). The number of halogens is 2. The highest BCUT2D eigenvalue weighted by Crippen LogP contribution is 2.19. The van der Waals surface area contributed by atoms with Crippen LogP contribution in [-0.2, 0) is 4.74 Å². The predicted octanol–water partition coefficient (Wildman–Crippen LogP) is 1.01. The van der Waals surface area contributed by atoms with E-state index in [9.17, 15) is 8.78 Å². The second kappa shape index (κ2) is 3.97. The van der Waals surface area contributed by atoms with Crippen molar-refractivity contribution in [3.63, 3.8) is 0 Å². The maximum atomic E-state index is 11.9. The van der Waals surface area contributed by atoms with Crippen LogP contribution < -0.4 is 5.73 Å². The molecule has 4 heteroatoms. The van der Waals surface area contributed by atoms with Gasteiger partial charge in [0.1, 0.15) is 0 Å². The first-order valence-corrected chi connectivity index (χ1v) is 3.81. The summed E-state index contributed by atoms with van der Waals surface area (Å²) >= 11 is 0. The Morgan fingerprint density at radius 3 is 2.82 bits per heavy atom. The molecule has 0 spiro atoms. The Labute approximate surface area is 64.7 Å². The summed E-state index contributed by atoms with van der Waals surface area (Å²) in [6, 6.07) is -0.0993. The van der Waals surface area contributed by atoms with E-state index in [1.54, 1.807) is 0 Å². The average molecular weight is 165 g/mol. The van der Waals surface area contributed by atoms with Gasteiger partial charge in [0, 0.05) is 25.0 Å². The summed E-state index contributed by atoms with van der Waals surface area (Å²) in [7, 11) is 0. The van der Waals surface area contributed by atoms with Crippen molar-refractivity contribution < 1.29 is 13.5 Å². The van der Waals surface area contributed by atoms with Crippen LogP contribution in [0.5, 0.6) is 0 Å². The van der Waals surface area contributed by atoms with Gasteiger partial charge >= 0.3 is 0 Å². The van der Waals surface area contributed by atoms with E-state index in [1.807, 2.05) is 0 Å². The van der Waals surface area contributed by atoms with E-state index in [2.05, 4.69) is 0 Å². The fourth-order valence-corrected chi connectivity index (χ4v) is 1.29. The van der Waals surface area contributed by atoms with Crippen molar-refractivity contribution in [1.82, 2.24) is 0 Å². The van der Waals surface area contributed by atoms with Gasteiger partial charge in [-0.2, -0.15) is 0 Å². The van der Waals surface area contributed by atoms with Gasteiger partial charge in [0.2, 0.25) is 6.43 Å². The Kier molecular flexibility index (Phi) is 3.20. The summed E-state index contributed by atoms with van der Waals surface area (Å²) in [5, 5.41) is 0. The van der Waals surface area contributed by atoms with E-state index in [0.29, 0.717) is 19.6 Å². The molecule has 0 aromatic rings. The minimum Gasteiger partial charge on any atom is -0.381 e. The zero-order valence-corrected chi connectivity index (χ0v) is 6.30. The van der Waals surface area contributed by atoms with Crippen molar-refractivity contribution in [2.45, 2.75) is 25.3 Å². The number of rotatable bonds is 2. The van der Waals surface area contributed by atoms with Gasteiger partial charge in [-0.1, -0.05) is 0 Å². The minimum atomic E-state index is -2.26. The number of hydrogen-bond acceptors (Lipinski definition) is 2. The number of alkyl halides is 2. The fraction of sp³-hybridized carbons (Fsp3) is 1.00. The van der Waals surface area contributed by atoms with E-state index in [0.717, 1.165) is 0 Å². The molecule has 0 radical (unpaired) electrons. The third-order valence-corrected chi connectivity index (χ3v) is 2.01. The molecule has 1 saturated heterocycles. The molecule has 2 N–H and O–H groups in total. The molecule has 0 amide bonds. The molecule has 1 aliphatic heterocycles. The Morgan fingerprint density at radius 2 is 2.27 bits per heavy atom. The van der Waals surface area contributed by atoms with Crippen LogP contribution in [0.4, 0.5) is 8.78 Å². The smallest absolute Gasteiger partial charge is 0.239 e. The van der Waals surface area contributed by atoms with Gasteiger partial charge in [0.15, 0.2) is 0 Å². The molecule has 2 atom stereocenters. The monoisotopic (exact) mass is 165 g/mol. The highest BCUT2D eigenvalue weighted by Gasteiger charge is 2.25. The fourth-order valence-electron chi connectivity index (χ4n) is 1.29. The van der Waals surface area contributed by atoms with E-state index < -0.39 is 6.43 Å². The summed E-state index contributed by atoms with van der Waals surface area (Å²) in [5.41, 5.74) is 5.61. The van der Waals surface area contributed by atoms with E-state index in [-0.39, 0.29) is 18.4 Å². The summed E-state index contributed by atoms with van der Waals surface area (Å²) in [6.07, 6.45) is -1.67. The quantitative estimate of drug-likeness (QED) is 0.662. The van der Waals surface area contributed by atoms with Gasteiger partial charge in [-0.15, -0.1) is 0 Å². The Hall–Kier alpha value is -0.220. The van der Waals surface area contributed by atoms with Gasteiger partial charge in [-0.3, -0.25) is 0 Å². The third kappa shape index (κ3) is 2.71. The lowest BCUT2D eigenvalue weighted by atomic mass is 9.94. The largest absolute Gasteiger partial charge is 0.381 e. The molecule has 0 aliphatic carbocycles. The summed E-state index contributed by atoms with van der Waals surface area (Å²) < 4.78 is 28.8. The zero-order valence-electron chi connectivity index (χ0n) is 6.30. The van der Waals surface area contributed by atoms with Crippen LogP contribution in [0, 0.1) is 5.92 Å². The molecule has 2 nitrogen and oxygen atoms in total. The van der Waals surface area contributed by atoms with Crippen LogP contribution in [0.1, 0.15) is 12.8 Å². The number of hydrogen-bond donors (Lipinski definition) is 1. The van der Waals surface area contributed by atoms with Gasteiger partial charge in [0.05, 0.1) is 6.61 Å². The second-order valence-electron chi connectivity index (χ2n) is 2.91. The molecule has 0 aromatic carbocycles. The lowest BCUT2D eigenvalue weighted by Crippen LogP contribution is -2.39. The molecule has 0 saturated carbocycles. The van der Waals surface area contributed by atoms with Crippen molar-refractivity contribution >= 4 is 0 Å². The van der Waals surface area contributed by atoms with Gasteiger partial charge < -0.3 is 10.5 Å². The molecule has 0 bridgehead atoms. The zero-order chi connectivity index (χ0) is 8.27. The van der Waals surface area contributed by atoms with Crippen molar-refractivity contribution in [3.05, 3.63) is 0 Å². The van der Waals surface area contributed by atoms with Gasteiger partial charge in [-0.05, 0) is 6.42 Å². The minimum absolute atomic E-state index is 0.0993. The molecular formula is C7H13F2NO. The van der Waals surface area contributed by atoms with Gasteiger partial charge in [-0.25, -0.2) is 8.78 Å². The lowest BCUT2D eigenvalue weighted by Gasteiger charge is -2.28. The topological polar surface area (TPSA) is 35.2 Å². The Morgan fingerprint density at radius 1 is 1.55 bits per heavy atom. The molecule has 66 valence electrons. The average Bonchev–Trinajstić information content (AvgIpc) is 1.93. The van der Waals surface area contributed by atoms with E-state index >= 15 is 0 Å². The van der Waals surface area contributed by atoms with Crippen molar-refractivity contribution in [2.75, 3.05) is 13.2 Å². The van der Waals surface area contributed by atoms with Crippen LogP contribution in [0.15, 0.2) is 0 Å². The van der Waals surface area contributed by atoms with Gasteiger partial charge in [0.25, 0.3) is 0 Å². The van der Waals surface area contributed by atoms with Crippen LogP contribution in [0.3, 0.4) is 0 Å². The lowest BCUT2D eigenvalue weighted by molar-refractivity contribution is 0.00997. The first kappa shape index (κ1) is 8.87. The summed E-state index contributed by atoms with van der Waals surface area (Å²) in [5.74, 6) is -0.149. The summed E-state index contributed by atoms with van der Waals surface area (Å²) in [4.78, 5) is 0. The predicted molar refractivity (Wildman–Crippen MR) is 37.5 cm³/mol. The molecule has 1 fully saturated rings. The van der Waals surface area contributed by atoms with Crippen LogP contribution in [-0.4, -0.2) is 25.7 Å². The Bertz CT molecular complexity index is 121. The first-order valence-electron chi connectivity index (χ1n) is 3.81. The molecule has 0 aromatic heterocycles. The van der Waals surface area contributed by atoms with Crippen LogP contribution in [0.2, 0.25) is 0 Å². The highest BCUT2D eigenvalue weighted by atomic mass is 19.3. The Balaban J connectivity index is 2.29. The SMILES string of the molecule is NC1CCOCC1CC(F)F. The molecular weight excluding hydrogens is 152 g/mol. The van der Waals surface area contributed by atoms with E-state index in [1.165, 1.54) is 0 Å². The maximum absolute atomic E-state index is 11.9. The van der Waals surface area contributed by atoms with Crippen molar-refractivity contribution in [2.24, 2.45) is 11.7 Å². The molecule has 1 aliphatic rings. The summed E-state index contributed by atoms with van der Waals surface area (Å²) in [6.45, 7) is 1.01. The van der Waals surface area contributed by atoms with Crippen molar-refractivity contribution in [3.8, 4) is 0 Å². The van der Waals surface area contributed by atoms with E-state index in [4.69, 9.17) is 10.5 Å². The number of nitrogens with two attached hydrogens (primary N) is 1.